The number of hydrogen-bond donors (Lipinski definition) is 1. The fraction of sp³-hybridized carbons (Fsp3) is 1.00. The van der Waals surface area contributed by atoms with Crippen LogP contribution in [0.15, 0.2) is 0 Å². The van der Waals surface area contributed by atoms with E-state index >= 15 is 0 Å². The van der Waals surface area contributed by atoms with Crippen molar-refractivity contribution in [1.29, 1.82) is 0 Å². The van der Waals surface area contributed by atoms with Crippen molar-refractivity contribution in [3.05, 3.63) is 0 Å². The molecule has 0 aromatic rings. The van der Waals surface area contributed by atoms with Crippen LogP contribution in [0.5, 0.6) is 0 Å². The molecule has 2 unspecified atom stereocenters. The summed E-state index contributed by atoms with van der Waals surface area (Å²) in [5, 5.41) is 0. The molecule has 2 heterocycles. The molecule has 0 aromatic heterocycles. The first-order valence-corrected chi connectivity index (χ1v) is 4.82. The Kier molecular flexibility index (Phi) is 3.38. The quantitative estimate of drug-likeness (QED) is 0.677. The molecular formula is C9H19ClN2. The summed E-state index contributed by atoms with van der Waals surface area (Å²) in [4.78, 5) is 2.64. The van der Waals surface area contributed by atoms with Crippen LogP contribution < -0.4 is 5.73 Å². The molecule has 0 aliphatic carbocycles. The molecule has 2 nitrogen and oxygen atoms in total. The standard InChI is InChI=1S/C9H18N2.ClH/c1-2-11-8-3-4-9(11)6-7(10)5-8;/h7-9H,2-6,10H2,1H3;1H/t7?,8-,9?;/m0./s1. The van der Waals surface area contributed by atoms with Gasteiger partial charge in [0.05, 0.1) is 0 Å². The fourth-order valence-corrected chi connectivity index (χ4v) is 2.83. The summed E-state index contributed by atoms with van der Waals surface area (Å²) in [7, 11) is 0. The van der Waals surface area contributed by atoms with E-state index in [0.29, 0.717) is 6.04 Å². The van der Waals surface area contributed by atoms with E-state index in [0.717, 1.165) is 12.1 Å². The zero-order chi connectivity index (χ0) is 7.84. The largest absolute Gasteiger partial charge is 0.328 e. The molecule has 0 radical (unpaired) electrons. The molecule has 12 heavy (non-hydrogen) atoms. The van der Waals surface area contributed by atoms with Crippen molar-refractivity contribution in [3.63, 3.8) is 0 Å². The summed E-state index contributed by atoms with van der Waals surface area (Å²) in [6.07, 6.45) is 5.27. The van der Waals surface area contributed by atoms with Gasteiger partial charge < -0.3 is 5.73 Å². The van der Waals surface area contributed by atoms with Crippen LogP contribution in [0.25, 0.3) is 0 Å². The second-order valence-corrected chi connectivity index (χ2v) is 3.95. The Bertz CT molecular complexity index is 137. The van der Waals surface area contributed by atoms with E-state index in [1.807, 2.05) is 0 Å². The molecule has 72 valence electrons. The van der Waals surface area contributed by atoms with Crippen LogP contribution in [0.3, 0.4) is 0 Å². The highest BCUT2D eigenvalue weighted by Crippen LogP contribution is 2.34. The second kappa shape index (κ2) is 3.95. The molecule has 3 atom stereocenters. The summed E-state index contributed by atoms with van der Waals surface area (Å²) < 4.78 is 0. The van der Waals surface area contributed by atoms with E-state index in [1.54, 1.807) is 0 Å². The number of piperidine rings is 1. The smallest absolute Gasteiger partial charge is 0.0113 e. The van der Waals surface area contributed by atoms with Crippen molar-refractivity contribution in [1.82, 2.24) is 4.90 Å². The lowest BCUT2D eigenvalue weighted by molar-refractivity contribution is 0.135. The monoisotopic (exact) mass is 190 g/mol. The molecule has 2 rings (SSSR count). The third-order valence-corrected chi connectivity index (χ3v) is 3.29. The van der Waals surface area contributed by atoms with Gasteiger partial charge in [-0.25, -0.2) is 0 Å². The molecule has 3 heteroatoms. The summed E-state index contributed by atoms with van der Waals surface area (Å²) in [5.74, 6) is 0. The Morgan fingerprint density at radius 1 is 1.25 bits per heavy atom. The second-order valence-electron chi connectivity index (χ2n) is 3.95. The summed E-state index contributed by atoms with van der Waals surface area (Å²) in [6.45, 7) is 3.49. The van der Waals surface area contributed by atoms with Gasteiger partial charge in [0.1, 0.15) is 0 Å². The Hall–Kier alpha value is 0.210. The van der Waals surface area contributed by atoms with Gasteiger partial charge in [-0.3, -0.25) is 4.90 Å². The van der Waals surface area contributed by atoms with Crippen LogP contribution in [0.1, 0.15) is 32.6 Å². The van der Waals surface area contributed by atoms with Gasteiger partial charge in [-0.1, -0.05) is 6.92 Å². The number of rotatable bonds is 1. The first-order chi connectivity index (χ1) is 5.31. The van der Waals surface area contributed by atoms with Crippen LogP contribution in [-0.4, -0.2) is 29.6 Å². The van der Waals surface area contributed by atoms with Crippen molar-refractivity contribution >= 4 is 12.4 Å². The minimum Gasteiger partial charge on any atom is -0.328 e. The van der Waals surface area contributed by atoms with Gasteiger partial charge >= 0.3 is 0 Å². The maximum absolute atomic E-state index is 5.95. The highest BCUT2D eigenvalue weighted by atomic mass is 35.5. The number of hydrogen-bond acceptors (Lipinski definition) is 2. The first-order valence-electron chi connectivity index (χ1n) is 4.82. The summed E-state index contributed by atoms with van der Waals surface area (Å²) in [6, 6.07) is 2.15. The van der Waals surface area contributed by atoms with Gasteiger partial charge in [0.15, 0.2) is 0 Å². The SMILES string of the molecule is CCN1C2CC[C@H]1CC(N)C2.Cl. The molecule has 2 fully saturated rings. The third-order valence-electron chi connectivity index (χ3n) is 3.29. The topological polar surface area (TPSA) is 29.3 Å². The number of fused-ring (bicyclic) bond motifs is 2. The number of nitrogens with zero attached hydrogens (tertiary/aromatic N) is 1. The van der Waals surface area contributed by atoms with Gasteiger partial charge in [-0.2, -0.15) is 0 Å². The minimum absolute atomic E-state index is 0. The number of nitrogens with two attached hydrogens (primary N) is 1. The first kappa shape index (κ1) is 10.3. The van der Waals surface area contributed by atoms with Gasteiger partial charge in [0.25, 0.3) is 0 Å². The van der Waals surface area contributed by atoms with E-state index in [9.17, 15) is 0 Å². The van der Waals surface area contributed by atoms with Crippen LogP contribution in [-0.2, 0) is 0 Å². The van der Waals surface area contributed by atoms with Crippen molar-refractivity contribution in [3.8, 4) is 0 Å². The molecule has 0 aromatic carbocycles. The highest BCUT2D eigenvalue weighted by Gasteiger charge is 2.38. The average Bonchev–Trinajstić information content (AvgIpc) is 2.23. The molecule has 2 aliphatic rings. The Morgan fingerprint density at radius 2 is 1.75 bits per heavy atom. The lowest BCUT2D eigenvalue weighted by Gasteiger charge is -2.36. The maximum Gasteiger partial charge on any atom is 0.0113 e. The van der Waals surface area contributed by atoms with Crippen LogP contribution in [0.2, 0.25) is 0 Å². The normalized spacial score (nSPS) is 41.0. The summed E-state index contributed by atoms with van der Waals surface area (Å²) in [5.41, 5.74) is 5.95. The van der Waals surface area contributed by atoms with Crippen LogP contribution in [0.4, 0.5) is 0 Å². The minimum atomic E-state index is 0. The van der Waals surface area contributed by atoms with Crippen molar-refractivity contribution in [2.75, 3.05) is 6.54 Å². The molecule has 2 N–H and O–H groups in total. The Morgan fingerprint density at radius 3 is 2.17 bits per heavy atom. The average molecular weight is 191 g/mol. The zero-order valence-corrected chi connectivity index (χ0v) is 8.52. The molecule has 2 bridgehead atoms. The zero-order valence-electron chi connectivity index (χ0n) is 7.70. The predicted octanol–water partition coefficient (Wildman–Crippen LogP) is 1.38. The lowest BCUT2D eigenvalue weighted by Crippen LogP contribution is -2.47. The molecular weight excluding hydrogens is 172 g/mol. The van der Waals surface area contributed by atoms with Gasteiger partial charge in [-0.15, -0.1) is 12.4 Å². The molecule has 0 amide bonds. The van der Waals surface area contributed by atoms with E-state index in [1.165, 1.54) is 32.2 Å². The Labute approximate surface area is 80.9 Å². The van der Waals surface area contributed by atoms with Crippen molar-refractivity contribution in [2.24, 2.45) is 5.73 Å². The van der Waals surface area contributed by atoms with E-state index in [2.05, 4.69) is 11.8 Å². The van der Waals surface area contributed by atoms with E-state index < -0.39 is 0 Å². The maximum atomic E-state index is 5.95. The summed E-state index contributed by atoms with van der Waals surface area (Å²) >= 11 is 0. The fourth-order valence-electron chi connectivity index (χ4n) is 2.83. The molecule has 0 saturated carbocycles. The third kappa shape index (κ3) is 1.61. The molecule has 2 aliphatic heterocycles. The van der Waals surface area contributed by atoms with Crippen molar-refractivity contribution in [2.45, 2.75) is 50.7 Å². The Balaban J connectivity index is 0.000000720. The van der Waals surface area contributed by atoms with Crippen molar-refractivity contribution < 1.29 is 0 Å². The number of halogens is 1. The van der Waals surface area contributed by atoms with Crippen LogP contribution >= 0.6 is 12.4 Å². The molecule has 2 saturated heterocycles. The highest BCUT2D eigenvalue weighted by molar-refractivity contribution is 5.85. The van der Waals surface area contributed by atoms with Gasteiger partial charge in [-0.05, 0) is 32.2 Å². The van der Waals surface area contributed by atoms with Gasteiger partial charge in [0, 0.05) is 18.1 Å². The van der Waals surface area contributed by atoms with Crippen LogP contribution in [0, 0.1) is 0 Å². The molecule has 0 spiro atoms. The van der Waals surface area contributed by atoms with E-state index in [-0.39, 0.29) is 12.4 Å². The van der Waals surface area contributed by atoms with E-state index in [4.69, 9.17) is 5.73 Å². The van der Waals surface area contributed by atoms with Gasteiger partial charge in [0.2, 0.25) is 0 Å². The lowest BCUT2D eigenvalue weighted by atomic mass is 9.98. The predicted molar refractivity (Wildman–Crippen MR) is 53.6 cm³/mol.